The van der Waals surface area contributed by atoms with Gasteiger partial charge in [-0.1, -0.05) is 20.8 Å². The average Bonchev–Trinajstić information content (AvgIpc) is 2.85. The third kappa shape index (κ3) is 3.68. The summed E-state index contributed by atoms with van der Waals surface area (Å²) in [6, 6.07) is 3.82. The number of rotatable bonds is 3. The molecule has 5 nitrogen and oxygen atoms in total. The van der Waals surface area contributed by atoms with Crippen LogP contribution < -0.4 is 4.74 Å². The zero-order chi connectivity index (χ0) is 14.8. The molecule has 1 atom stereocenters. The molecular weight excluding hydrogens is 254 g/mol. The highest BCUT2D eigenvalue weighted by Crippen LogP contribution is 2.21. The molecule has 20 heavy (non-hydrogen) atoms. The summed E-state index contributed by atoms with van der Waals surface area (Å²) in [4.78, 5) is 13.1. The molecular formula is C15H23N3O2. The van der Waals surface area contributed by atoms with Crippen LogP contribution in [-0.2, 0) is 10.2 Å². The van der Waals surface area contributed by atoms with Crippen molar-refractivity contribution in [1.82, 2.24) is 15.1 Å². The molecule has 0 N–H and O–H groups in total. The van der Waals surface area contributed by atoms with Crippen molar-refractivity contribution in [3.63, 3.8) is 0 Å². The molecule has 1 aliphatic rings. The number of amides is 1. The van der Waals surface area contributed by atoms with Crippen LogP contribution in [0.5, 0.6) is 5.88 Å². The Morgan fingerprint density at radius 2 is 2.15 bits per heavy atom. The summed E-state index contributed by atoms with van der Waals surface area (Å²) in [5.74, 6) is 1.09. The molecule has 2 rings (SSSR count). The summed E-state index contributed by atoms with van der Waals surface area (Å²) in [5, 5.41) is 8.31. The number of aromatic nitrogens is 2. The zero-order valence-corrected chi connectivity index (χ0v) is 12.7. The van der Waals surface area contributed by atoms with Gasteiger partial charge in [0.15, 0.2) is 0 Å². The Hall–Kier alpha value is -1.65. The van der Waals surface area contributed by atoms with E-state index in [0.717, 1.165) is 25.2 Å². The third-order valence-electron chi connectivity index (χ3n) is 3.61. The molecule has 0 spiro atoms. The van der Waals surface area contributed by atoms with E-state index in [1.807, 2.05) is 17.0 Å². The lowest BCUT2D eigenvalue weighted by Gasteiger charge is -2.17. The van der Waals surface area contributed by atoms with Crippen molar-refractivity contribution in [3.8, 4) is 5.88 Å². The molecule has 0 saturated carbocycles. The first-order chi connectivity index (χ1) is 9.36. The fourth-order valence-electron chi connectivity index (χ4n) is 2.25. The molecule has 0 aromatic carbocycles. The van der Waals surface area contributed by atoms with Crippen LogP contribution in [-0.4, -0.2) is 40.7 Å². The molecule has 1 unspecified atom stereocenters. The highest BCUT2D eigenvalue weighted by molar-refractivity contribution is 5.73. The maximum absolute atomic E-state index is 11.3. The van der Waals surface area contributed by atoms with E-state index in [2.05, 4.69) is 31.0 Å². The van der Waals surface area contributed by atoms with Gasteiger partial charge in [0, 0.05) is 37.4 Å². The first kappa shape index (κ1) is 14.8. The number of hydrogen-bond donors (Lipinski definition) is 0. The van der Waals surface area contributed by atoms with Crippen molar-refractivity contribution < 1.29 is 9.53 Å². The predicted molar refractivity (Wildman–Crippen MR) is 76.6 cm³/mol. The third-order valence-corrected chi connectivity index (χ3v) is 3.61. The lowest BCUT2D eigenvalue weighted by molar-refractivity contribution is -0.127. The van der Waals surface area contributed by atoms with E-state index in [9.17, 15) is 4.79 Å². The average molecular weight is 277 g/mol. The quantitative estimate of drug-likeness (QED) is 0.848. The Bertz CT molecular complexity index is 465. The maximum atomic E-state index is 11.3. The molecule has 0 bridgehead atoms. The van der Waals surface area contributed by atoms with Crippen LogP contribution >= 0.6 is 0 Å². The van der Waals surface area contributed by atoms with Gasteiger partial charge in [-0.25, -0.2) is 0 Å². The maximum Gasteiger partial charge on any atom is 0.233 e. The number of ether oxygens (including phenoxy) is 1. The summed E-state index contributed by atoms with van der Waals surface area (Å²) in [6.45, 7) is 10.1. The van der Waals surface area contributed by atoms with Crippen molar-refractivity contribution in [2.45, 2.75) is 39.5 Å². The number of carbonyl (C=O) groups excluding carboxylic acids is 1. The Morgan fingerprint density at radius 3 is 2.65 bits per heavy atom. The largest absolute Gasteiger partial charge is 0.476 e. The molecule has 1 aromatic heterocycles. The van der Waals surface area contributed by atoms with Crippen LogP contribution in [0.2, 0.25) is 0 Å². The van der Waals surface area contributed by atoms with Gasteiger partial charge in [-0.05, 0) is 12.5 Å². The minimum absolute atomic E-state index is 0.00102. The second-order valence-electron chi connectivity index (χ2n) is 6.44. The van der Waals surface area contributed by atoms with Crippen LogP contribution in [0.3, 0.4) is 0 Å². The highest BCUT2D eigenvalue weighted by Gasteiger charge is 2.24. The summed E-state index contributed by atoms with van der Waals surface area (Å²) in [6.07, 6.45) is 0.993. The number of likely N-dealkylation sites (tertiary alicyclic amines) is 1. The van der Waals surface area contributed by atoms with Gasteiger partial charge in [0.05, 0.1) is 12.3 Å². The summed E-state index contributed by atoms with van der Waals surface area (Å²) in [5.41, 5.74) is 0.951. The van der Waals surface area contributed by atoms with Gasteiger partial charge in [0.25, 0.3) is 0 Å². The van der Waals surface area contributed by atoms with E-state index in [1.54, 1.807) is 6.92 Å². The fraction of sp³-hybridized carbons (Fsp3) is 0.667. The predicted octanol–water partition coefficient (Wildman–Crippen LogP) is 2.02. The Morgan fingerprint density at radius 1 is 1.40 bits per heavy atom. The molecule has 1 aromatic rings. The van der Waals surface area contributed by atoms with Crippen LogP contribution in [0.4, 0.5) is 0 Å². The van der Waals surface area contributed by atoms with Crippen molar-refractivity contribution in [2.24, 2.45) is 5.92 Å². The smallest absolute Gasteiger partial charge is 0.233 e. The van der Waals surface area contributed by atoms with E-state index in [1.165, 1.54) is 0 Å². The second-order valence-corrected chi connectivity index (χ2v) is 6.44. The lowest BCUT2D eigenvalue weighted by Crippen LogP contribution is -2.27. The second kappa shape index (κ2) is 5.77. The molecule has 1 amide bonds. The van der Waals surface area contributed by atoms with Gasteiger partial charge in [-0.15, -0.1) is 5.10 Å². The van der Waals surface area contributed by atoms with E-state index in [0.29, 0.717) is 18.4 Å². The van der Waals surface area contributed by atoms with Crippen molar-refractivity contribution in [1.29, 1.82) is 0 Å². The van der Waals surface area contributed by atoms with E-state index >= 15 is 0 Å². The van der Waals surface area contributed by atoms with Gasteiger partial charge in [0.1, 0.15) is 0 Å². The Kier molecular flexibility index (Phi) is 4.26. The number of carbonyl (C=O) groups is 1. The summed E-state index contributed by atoms with van der Waals surface area (Å²) in [7, 11) is 0. The van der Waals surface area contributed by atoms with Crippen molar-refractivity contribution in [2.75, 3.05) is 19.7 Å². The molecule has 1 fully saturated rings. The van der Waals surface area contributed by atoms with E-state index in [4.69, 9.17) is 4.74 Å². The van der Waals surface area contributed by atoms with Gasteiger partial charge < -0.3 is 9.64 Å². The first-order valence-corrected chi connectivity index (χ1v) is 7.09. The van der Waals surface area contributed by atoms with Gasteiger partial charge >= 0.3 is 0 Å². The molecule has 0 aliphatic carbocycles. The van der Waals surface area contributed by atoms with Crippen LogP contribution in [0.1, 0.15) is 39.8 Å². The molecule has 2 heterocycles. The summed E-state index contributed by atoms with van der Waals surface area (Å²) >= 11 is 0. The Balaban J connectivity index is 1.85. The minimum atomic E-state index is -0.00102. The molecule has 5 heteroatoms. The normalized spacial score (nSPS) is 19.2. The molecule has 1 aliphatic heterocycles. The van der Waals surface area contributed by atoms with Gasteiger partial charge in [-0.3, -0.25) is 4.79 Å². The number of hydrogen-bond acceptors (Lipinski definition) is 4. The first-order valence-electron chi connectivity index (χ1n) is 7.09. The standard InChI is InChI=1S/C15H23N3O2/c1-11(19)18-8-7-12(9-18)10-20-14-6-5-13(16-17-14)15(2,3)4/h5-6,12H,7-10H2,1-4H3. The fourth-order valence-corrected chi connectivity index (χ4v) is 2.25. The van der Waals surface area contributed by atoms with Crippen LogP contribution in [0, 0.1) is 5.92 Å². The number of nitrogens with zero attached hydrogens (tertiary/aromatic N) is 3. The topological polar surface area (TPSA) is 55.3 Å². The van der Waals surface area contributed by atoms with Crippen LogP contribution in [0.15, 0.2) is 12.1 Å². The van der Waals surface area contributed by atoms with Crippen molar-refractivity contribution in [3.05, 3.63) is 17.8 Å². The van der Waals surface area contributed by atoms with E-state index in [-0.39, 0.29) is 11.3 Å². The lowest BCUT2D eigenvalue weighted by atomic mass is 9.92. The van der Waals surface area contributed by atoms with Gasteiger partial charge in [-0.2, -0.15) is 5.10 Å². The monoisotopic (exact) mass is 277 g/mol. The molecule has 110 valence electrons. The molecule has 0 radical (unpaired) electrons. The van der Waals surface area contributed by atoms with Gasteiger partial charge in [0.2, 0.25) is 11.8 Å². The van der Waals surface area contributed by atoms with Crippen LogP contribution in [0.25, 0.3) is 0 Å². The minimum Gasteiger partial charge on any atom is -0.476 e. The Labute approximate surface area is 120 Å². The SMILES string of the molecule is CC(=O)N1CCC(COc2ccc(C(C)(C)C)nn2)C1. The summed E-state index contributed by atoms with van der Waals surface area (Å²) < 4.78 is 5.67. The zero-order valence-electron chi connectivity index (χ0n) is 12.7. The molecule has 1 saturated heterocycles. The van der Waals surface area contributed by atoms with Crippen molar-refractivity contribution >= 4 is 5.91 Å². The highest BCUT2D eigenvalue weighted by atomic mass is 16.5. The van der Waals surface area contributed by atoms with E-state index < -0.39 is 0 Å².